The monoisotopic (exact) mass is 534 g/mol. The van der Waals surface area contributed by atoms with Crippen molar-refractivity contribution in [1.29, 1.82) is 0 Å². The maximum absolute atomic E-state index is 12.0. The summed E-state index contributed by atoms with van der Waals surface area (Å²) in [4.78, 5) is 0. The second-order valence-electron chi connectivity index (χ2n) is 13.4. The molecule has 0 aromatic heterocycles. The molecule has 1 aliphatic rings. The molecule has 2 rings (SSSR count). The van der Waals surface area contributed by atoms with Gasteiger partial charge in [-0.25, -0.2) is 0 Å². The Morgan fingerprint density at radius 2 is 1.53 bits per heavy atom. The molecule has 1 saturated carbocycles. The first-order valence-electron chi connectivity index (χ1n) is 13.8. The number of benzene rings is 1. The first kappa shape index (κ1) is 31.5. The van der Waals surface area contributed by atoms with Gasteiger partial charge in [-0.1, -0.05) is 99.2 Å². The summed E-state index contributed by atoms with van der Waals surface area (Å²) in [6.45, 7) is 30.1. The van der Waals surface area contributed by atoms with Gasteiger partial charge in [-0.05, 0) is 45.9 Å². The smallest absolute Gasteiger partial charge is 0.201 e. The summed E-state index contributed by atoms with van der Waals surface area (Å²) in [5.41, 5.74) is 2.39. The van der Waals surface area contributed by atoms with Gasteiger partial charge in [-0.2, -0.15) is 0 Å². The van der Waals surface area contributed by atoms with Crippen LogP contribution in [0, 0.1) is 0 Å². The summed E-state index contributed by atoms with van der Waals surface area (Å²) in [7, 11) is -4.16. The summed E-state index contributed by atoms with van der Waals surface area (Å²) >= 11 is 0. The molecule has 0 radical (unpaired) electrons. The summed E-state index contributed by atoms with van der Waals surface area (Å²) < 4.78 is 20.2. The summed E-state index contributed by atoms with van der Waals surface area (Å²) in [6, 6.07) is 10.2. The van der Waals surface area contributed by atoms with Gasteiger partial charge < -0.3 is 18.7 Å². The van der Waals surface area contributed by atoms with Gasteiger partial charge in [0.05, 0.1) is 25.4 Å². The topological polar surface area (TPSA) is 47.9 Å². The van der Waals surface area contributed by atoms with Crippen LogP contribution < -0.4 is 0 Å². The Bertz CT molecular complexity index is 822. The van der Waals surface area contributed by atoms with Gasteiger partial charge in [0.25, 0.3) is 0 Å². The third-order valence-corrected chi connectivity index (χ3v) is 19.4. The molecule has 0 spiro atoms. The van der Waals surface area contributed by atoms with E-state index < -0.39 is 28.3 Å². The lowest BCUT2D eigenvalue weighted by atomic mass is 9.78. The van der Waals surface area contributed by atoms with E-state index in [1.807, 2.05) is 18.2 Å². The molecule has 0 heterocycles. The highest BCUT2D eigenvalue weighted by molar-refractivity contribution is 6.77. The second kappa shape index (κ2) is 12.0. The molecule has 1 aliphatic carbocycles. The minimum Gasteiger partial charge on any atom is -0.414 e. The number of hydrogen-bond acceptors (Lipinski definition) is 4. The second-order valence-corrected chi connectivity index (χ2v) is 23.6. The van der Waals surface area contributed by atoms with Crippen LogP contribution in [0.25, 0.3) is 0 Å². The van der Waals surface area contributed by atoms with Gasteiger partial charge >= 0.3 is 0 Å². The Morgan fingerprint density at radius 3 is 2.00 bits per heavy atom. The summed E-state index contributed by atoms with van der Waals surface area (Å²) in [6.07, 6.45) is 0.531. The molecule has 1 N–H and O–H groups in total. The largest absolute Gasteiger partial charge is 0.414 e. The zero-order valence-electron chi connectivity index (χ0n) is 25.0. The molecule has 36 heavy (non-hydrogen) atoms. The number of ether oxygens (including phenoxy) is 1. The first-order chi connectivity index (χ1) is 16.5. The van der Waals surface area contributed by atoms with Crippen molar-refractivity contribution in [3.8, 4) is 0 Å². The minimum absolute atomic E-state index is 0.0675. The van der Waals surface area contributed by atoms with E-state index >= 15 is 0 Å². The SMILES string of the molecule is C=C1C[C@](O)(CO[Si](C)(C)C(C)(C)C)[C@@H](OCc2ccccc2)C[C@H]1O[Si](C(C)C)(C(C)C)C(C)C. The minimum atomic E-state index is -2.12. The molecular formula is C30H54O4Si2. The van der Waals surface area contributed by atoms with Crippen LogP contribution >= 0.6 is 0 Å². The third-order valence-electron chi connectivity index (χ3n) is 8.85. The quantitative estimate of drug-likeness (QED) is 0.229. The molecule has 4 nitrogen and oxygen atoms in total. The van der Waals surface area contributed by atoms with Crippen molar-refractivity contribution in [1.82, 2.24) is 0 Å². The number of aliphatic hydroxyl groups is 1. The van der Waals surface area contributed by atoms with Gasteiger partial charge in [0, 0.05) is 12.8 Å². The van der Waals surface area contributed by atoms with Crippen LogP contribution in [-0.4, -0.2) is 46.2 Å². The predicted molar refractivity (Wildman–Crippen MR) is 157 cm³/mol. The van der Waals surface area contributed by atoms with E-state index in [1.54, 1.807) is 0 Å². The van der Waals surface area contributed by atoms with E-state index in [0.717, 1.165) is 11.1 Å². The maximum atomic E-state index is 12.0. The zero-order chi connectivity index (χ0) is 27.5. The Labute approximate surface area is 224 Å². The van der Waals surface area contributed by atoms with Crippen LogP contribution in [-0.2, 0) is 20.2 Å². The van der Waals surface area contributed by atoms with E-state index in [4.69, 9.17) is 13.6 Å². The standard InChI is InChI=1S/C30H54O4Si2/c1-22(2)36(23(3)4,24(5)6)34-27-18-28(32-20-26-16-14-13-15-17-26)30(31,19-25(27)7)21-33-35(11,12)29(8,9)10/h13-17,22-24,27-28,31H,7,18-21H2,1-6,8-12H3/t27-,28+,30+/m1/s1. The normalized spacial score (nSPS) is 24.2. The van der Waals surface area contributed by atoms with Crippen molar-refractivity contribution in [3.63, 3.8) is 0 Å². The van der Waals surface area contributed by atoms with Crippen molar-refractivity contribution in [3.05, 3.63) is 48.0 Å². The van der Waals surface area contributed by atoms with E-state index in [0.29, 0.717) is 36.1 Å². The van der Waals surface area contributed by atoms with Gasteiger partial charge in [-0.3, -0.25) is 0 Å². The number of hydrogen-bond donors (Lipinski definition) is 1. The highest BCUT2D eigenvalue weighted by atomic mass is 28.4. The fraction of sp³-hybridized carbons (Fsp3) is 0.733. The molecule has 1 aromatic rings. The average Bonchev–Trinajstić information content (AvgIpc) is 2.76. The van der Waals surface area contributed by atoms with Crippen molar-refractivity contribution in [2.24, 2.45) is 0 Å². The summed E-state index contributed by atoms with van der Waals surface area (Å²) in [5, 5.41) is 12.1. The van der Waals surface area contributed by atoms with Crippen molar-refractivity contribution >= 4 is 16.6 Å². The van der Waals surface area contributed by atoms with Gasteiger partial charge in [0.2, 0.25) is 8.32 Å². The van der Waals surface area contributed by atoms with Crippen LogP contribution in [0.5, 0.6) is 0 Å². The van der Waals surface area contributed by atoms with E-state index in [9.17, 15) is 5.11 Å². The van der Waals surface area contributed by atoms with Crippen LogP contribution in [0.15, 0.2) is 42.5 Å². The lowest BCUT2D eigenvalue weighted by molar-refractivity contribution is -0.156. The molecule has 0 amide bonds. The van der Waals surface area contributed by atoms with Gasteiger partial charge in [0.15, 0.2) is 8.32 Å². The zero-order valence-corrected chi connectivity index (χ0v) is 27.0. The van der Waals surface area contributed by atoms with E-state index in [1.165, 1.54) is 0 Å². The lowest BCUT2D eigenvalue weighted by Crippen LogP contribution is -2.58. The Hall–Kier alpha value is -0.766. The highest BCUT2D eigenvalue weighted by Crippen LogP contribution is 2.47. The maximum Gasteiger partial charge on any atom is 0.201 e. The highest BCUT2D eigenvalue weighted by Gasteiger charge is 2.52. The predicted octanol–water partition coefficient (Wildman–Crippen LogP) is 8.24. The van der Waals surface area contributed by atoms with Crippen molar-refractivity contribution in [2.45, 2.75) is 134 Å². The molecule has 0 saturated heterocycles. The van der Waals surface area contributed by atoms with Gasteiger partial charge in [0.1, 0.15) is 5.60 Å². The Morgan fingerprint density at radius 1 is 1.00 bits per heavy atom. The molecule has 6 heteroatoms. The van der Waals surface area contributed by atoms with E-state index in [-0.39, 0.29) is 17.7 Å². The number of rotatable bonds is 11. The van der Waals surface area contributed by atoms with Crippen LogP contribution in [0.2, 0.25) is 34.8 Å². The Balaban J connectivity index is 2.34. The van der Waals surface area contributed by atoms with Crippen LogP contribution in [0.1, 0.15) is 80.7 Å². The molecule has 0 aliphatic heterocycles. The van der Waals surface area contributed by atoms with Gasteiger partial charge in [-0.15, -0.1) is 0 Å². The molecule has 0 bridgehead atoms. The van der Waals surface area contributed by atoms with E-state index in [2.05, 4.69) is 94.1 Å². The van der Waals surface area contributed by atoms with Crippen molar-refractivity contribution in [2.75, 3.05) is 6.61 Å². The fourth-order valence-corrected chi connectivity index (χ4v) is 12.3. The molecule has 206 valence electrons. The third kappa shape index (κ3) is 7.00. The molecule has 1 aromatic carbocycles. The summed E-state index contributed by atoms with van der Waals surface area (Å²) in [5.74, 6) is 0. The van der Waals surface area contributed by atoms with Crippen molar-refractivity contribution < 1.29 is 18.7 Å². The Kier molecular flexibility index (Phi) is 10.4. The van der Waals surface area contributed by atoms with Crippen LogP contribution in [0.3, 0.4) is 0 Å². The average molecular weight is 535 g/mol. The molecular weight excluding hydrogens is 480 g/mol. The molecule has 3 atom stereocenters. The molecule has 0 unspecified atom stereocenters. The first-order valence-corrected chi connectivity index (χ1v) is 18.9. The fourth-order valence-electron chi connectivity index (χ4n) is 5.65. The van der Waals surface area contributed by atoms with Crippen LogP contribution in [0.4, 0.5) is 0 Å². The lowest BCUT2D eigenvalue weighted by Gasteiger charge is -2.50. The molecule has 1 fully saturated rings.